The van der Waals surface area contributed by atoms with E-state index in [1.165, 1.54) is 0 Å². The largest absolute Gasteiger partial charge is 0.365 e. The van der Waals surface area contributed by atoms with Gasteiger partial charge < -0.3 is 5.73 Å². The highest BCUT2D eigenvalue weighted by Crippen LogP contribution is 2.15. The maximum Gasteiger partial charge on any atom is 0.309 e. The molecule has 6 nitrogen and oxygen atoms in total. The van der Waals surface area contributed by atoms with E-state index in [-0.39, 0.29) is 11.1 Å². The number of carbonyl (C=O) groups excluding carboxylic acids is 1. The number of primary amides is 1. The zero-order valence-corrected chi connectivity index (χ0v) is 6.82. The van der Waals surface area contributed by atoms with E-state index in [9.17, 15) is 4.79 Å². The fourth-order valence-electron chi connectivity index (χ4n) is 0.690. The number of hydrogen-bond acceptors (Lipinski definition) is 4. The van der Waals surface area contributed by atoms with Gasteiger partial charge in [0.2, 0.25) is 0 Å². The summed E-state index contributed by atoms with van der Waals surface area (Å²) in [6.07, 6.45) is 0. The Hall–Kier alpha value is -0.950. The first-order valence-electron chi connectivity index (χ1n) is 2.88. The minimum atomic E-state index is -0.463. The molecule has 11 heavy (non-hydrogen) atoms. The van der Waals surface area contributed by atoms with E-state index in [1.807, 2.05) is 0 Å². The summed E-state index contributed by atoms with van der Waals surface area (Å²) in [4.78, 5) is 10.5. The molecule has 2 N–H and O–H groups in total. The number of thiol groups is 1. The number of nitrogens with two attached hydrogens (primary N) is 1. The summed E-state index contributed by atoms with van der Waals surface area (Å²) >= 11 is 3.97. The van der Waals surface area contributed by atoms with Crippen molar-refractivity contribution in [3.05, 3.63) is 0 Å². The van der Waals surface area contributed by atoms with Crippen molar-refractivity contribution in [1.29, 1.82) is 0 Å². The molecule has 1 heterocycles. The topological polar surface area (TPSA) is 80.2 Å². The summed E-state index contributed by atoms with van der Waals surface area (Å²) in [6.45, 7) is 0.0336. The number of carbonyl (C=O) groups is 1. The molecule has 0 aromatic heterocycles. The summed E-state index contributed by atoms with van der Waals surface area (Å²) in [5.74, 6) is -0.463. The Morgan fingerprint density at radius 3 is 2.82 bits per heavy atom. The Labute approximate surface area is 68.7 Å². The van der Waals surface area contributed by atoms with Crippen LogP contribution in [0.5, 0.6) is 0 Å². The molecule has 0 aromatic rings. The Morgan fingerprint density at radius 2 is 2.45 bits per heavy atom. The first kappa shape index (κ1) is 8.15. The van der Waals surface area contributed by atoms with Crippen LogP contribution in [0, 0.1) is 0 Å². The molecule has 60 valence electrons. The van der Waals surface area contributed by atoms with Crippen LogP contribution in [0.4, 0.5) is 0 Å². The van der Waals surface area contributed by atoms with Gasteiger partial charge in [-0.2, -0.15) is 0 Å². The van der Waals surface area contributed by atoms with Crippen molar-refractivity contribution >= 4 is 23.7 Å². The van der Waals surface area contributed by atoms with Gasteiger partial charge in [0, 0.05) is 5.22 Å². The molecule has 1 aliphatic heterocycles. The lowest BCUT2D eigenvalue weighted by atomic mass is 10.5. The molecule has 1 amide bonds. The lowest BCUT2D eigenvalue weighted by Crippen LogP contribution is -2.45. The number of amidine groups is 1. The van der Waals surface area contributed by atoms with Gasteiger partial charge in [-0.15, -0.1) is 4.59 Å². The van der Waals surface area contributed by atoms with Gasteiger partial charge in [0.1, 0.15) is 7.05 Å². The summed E-state index contributed by atoms with van der Waals surface area (Å²) in [5, 5.41) is 11.0. The highest BCUT2D eigenvalue weighted by atomic mass is 32.1. The zero-order chi connectivity index (χ0) is 8.48. The predicted octanol–water partition coefficient (Wildman–Crippen LogP) is -0.500. The Bertz CT molecular complexity index is 249. The maximum absolute atomic E-state index is 10.5. The van der Waals surface area contributed by atoms with Crippen molar-refractivity contribution in [1.82, 2.24) is 0 Å². The maximum atomic E-state index is 10.5. The normalized spacial score (nSPS) is 28.7. The molecular formula is C4H8N5OS+. The third kappa shape index (κ3) is 1.55. The van der Waals surface area contributed by atoms with Gasteiger partial charge in [0.05, 0.1) is 5.22 Å². The number of hydrogen-bond donors (Lipinski definition) is 2. The summed E-state index contributed by atoms with van der Waals surface area (Å²) in [6, 6.07) is 0. The Morgan fingerprint density at radius 1 is 1.82 bits per heavy atom. The molecular weight excluding hydrogens is 166 g/mol. The first-order chi connectivity index (χ1) is 5.04. The van der Waals surface area contributed by atoms with Crippen LogP contribution >= 0.6 is 12.6 Å². The van der Waals surface area contributed by atoms with E-state index in [0.29, 0.717) is 5.17 Å². The highest BCUT2D eigenvalue weighted by Gasteiger charge is 2.34. The van der Waals surface area contributed by atoms with Crippen LogP contribution in [0.2, 0.25) is 0 Å². The van der Waals surface area contributed by atoms with Gasteiger partial charge in [-0.25, -0.2) is 0 Å². The number of amides is 1. The summed E-state index contributed by atoms with van der Waals surface area (Å²) < 4.78 is -0.0849. The van der Waals surface area contributed by atoms with Gasteiger partial charge in [0.25, 0.3) is 5.91 Å². The quantitative estimate of drug-likeness (QED) is 0.429. The van der Waals surface area contributed by atoms with E-state index in [4.69, 9.17) is 5.73 Å². The van der Waals surface area contributed by atoms with Crippen molar-refractivity contribution < 1.29 is 9.39 Å². The number of quaternary nitrogens is 1. The molecule has 0 radical (unpaired) electrons. The van der Waals surface area contributed by atoms with E-state index < -0.39 is 5.91 Å². The SMILES string of the molecule is C[N+]1(CC(N)=O)N=NN=C1S. The van der Waals surface area contributed by atoms with Crippen LogP contribution < -0.4 is 5.73 Å². The molecule has 0 bridgehead atoms. The minimum Gasteiger partial charge on any atom is -0.365 e. The third-order valence-corrected chi connectivity index (χ3v) is 1.79. The van der Waals surface area contributed by atoms with E-state index in [2.05, 4.69) is 28.2 Å². The third-order valence-electron chi connectivity index (χ3n) is 1.27. The summed E-state index contributed by atoms with van der Waals surface area (Å²) in [5.41, 5.74) is 4.97. The molecule has 1 rings (SSSR count). The van der Waals surface area contributed by atoms with Crippen LogP contribution in [0.3, 0.4) is 0 Å². The minimum absolute atomic E-state index is 0.0336. The second-order valence-electron chi connectivity index (χ2n) is 2.34. The number of nitrogens with zero attached hydrogens (tertiary/aromatic N) is 4. The van der Waals surface area contributed by atoms with Crippen LogP contribution in [-0.4, -0.2) is 29.3 Å². The molecule has 0 aliphatic carbocycles. The molecule has 0 saturated heterocycles. The Balaban J connectivity index is 2.76. The number of rotatable bonds is 2. The molecule has 0 fully saturated rings. The van der Waals surface area contributed by atoms with E-state index in [1.54, 1.807) is 7.05 Å². The molecule has 0 saturated carbocycles. The Kier molecular flexibility index (Phi) is 1.92. The average molecular weight is 174 g/mol. The lowest BCUT2D eigenvalue weighted by Gasteiger charge is -2.16. The summed E-state index contributed by atoms with van der Waals surface area (Å²) in [7, 11) is 1.65. The predicted molar refractivity (Wildman–Crippen MR) is 41.5 cm³/mol. The van der Waals surface area contributed by atoms with Gasteiger partial charge in [0.15, 0.2) is 6.54 Å². The van der Waals surface area contributed by atoms with Gasteiger partial charge >= 0.3 is 5.17 Å². The van der Waals surface area contributed by atoms with Gasteiger partial charge in [-0.1, -0.05) is 17.7 Å². The molecule has 1 atom stereocenters. The second kappa shape index (κ2) is 2.59. The fourth-order valence-corrected chi connectivity index (χ4v) is 0.841. The van der Waals surface area contributed by atoms with Crippen molar-refractivity contribution in [2.75, 3.05) is 13.6 Å². The van der Waals surface area contributed by atoms with Crippen molar-refractivity contribution in [2.24, 2.45) is 21.3 Å². The van der Waals surface area contributed by atoms with E-state index in [0.717, 1.165) is 0 Å². The number of likely N-dealkylation sites (N-methyl/N-ethyl adjacent to an activating group) is 1. The van der Waals surface area contributed by atoms with Crippen LogP contribution in [0.1, 0.15) is 0 Å². The van der Waals surface area contributed by atoms with Crippen LogP contribution in [-0.2, 0) is 4.79 Å². The molecule has 7 heteroatoms. The van der Waals surface area contributed by atoms with Crippen molar-refractivity contribution in [2.45, 2.75) is 0 Å². The fraction of sp³-hybridized carbons (Fsp3) is 0.500. The van der Waals surface area contributed by atoms with Crippen molar-refractivity contribution in [3.63, 3.8) is 0 Å². The molecule has 0 aromatic carbocycles. The zero-order valence-electron chi connectivity index (χ0n) is 5.93. The lowest BCUT2D eigenvalue weighted by molar-refractivity contribution is -0.816. The van der Waals surface area contributed by atoms with Crippen molar-refractivity contribution in [3.8, 4) is 0 Å². The van der Waals surface area contributed by atoms with Gasteiger partial charge in [-0.05, 0) is 0 Å². The molecule has 0 spiro atoms. The van der Waals surface area contributed by atoms with E-state index >= 15 is 0 Å². The smallest absolute Gasteiger partial charge is 0.309 e. The monoisotopic (exact) mass is 174 g/mol. The first-order valence-corrected chi connectivity index (χ1v) is 3.33. The van der Waals surface area contributed by atoms with Gasteiger partial charge in [-0.3, -0.25) is 4.79 Å². The highest BCUT2D eigenvalue weighted by molar-refractivity contribution is 7.96. The van der Waals surface area contributed by atoms with Crippen LogP contribution in [0.15, 0.2) is 15.5 Å². The molecule has 1 unspecified atom stereocenters. The standard InChI is InChI=1S/C4H7N5OS/c1-9(2-3(5)10)4(11)6-7-8-9/h2H2,1H3,(H2-,5,6,8,10,11)/p+1. The molecule has 1 aliphatic rings. The second-order valence-corrected chi connectivity index (χ2v) is 2.74. The average Bonchev–Trinajstić information content (AvgIpc) is 2.11. The van der Waals surface area contributed by atoms with Crippen LogP contribution in [0.25, 0.3) is 0 Å².